The maximum absolute atomic E-state index is 10.4. The Bertz CT molecular complexity index is 547. The third kappa shape index (κ3) is 4.84. The van der Waals surface area contributed by atoms with Gasteiger partial charge in [0.15, 0.2) is 0 Å². The molecule has 22 heavy (non-hydrogen) atoms. The Morgan fingerprint density at radius 1 is 0.864 bits per heavy atom. The SMILES string of the molecule is CC(CCCCCC=O)(Cc1ccccc1)c1ccccc1. The van der Waals surface area contributed by atoms with Crippen molar-refractivity contribution in [2.75, 3.05) is 0 Å². The van der Waals surface area contributed by atoms with Gasteiger partial charge in [-0.3, -0.25) is 0 Å². The number of unbranched alkanes of at least 4 members (excludes halogenated alkanes) is 3. The van der Waals surface area contributed by atoms with Crippen molar-refractivity contribution < 1.29 is 4.79 Å². The van der Waals surface area contributed by atoms with Crippen LogP contribution in [0.15, 0.2) is 60.7 Å². The minimum absolute atomic E-state index is 0.157. The van der Waals surface area contributed by atoms with Crippen LogP contribution >= 0.6 is 0 Å². The van der Waals surface area contributed by atoms with Gasteiger partial charge in [0.2, 0.25) is 0 Å². The molecule has 0 aliphatic rings. The Morgan fingerprint density at radius 2 is 1.50 bits per heavy atom. The molecule has 0 saturated heterocycles. The van der Waals surface area contributed by atoms with E-state index in [0.717, 1.165) is 32.0 Å². The molecule has 2 rings (SSSR count). The summed E-state index contributed by atoms with van der Waals surface area (Å²) < 4.78 is 0. The first-order valence-electron chi connectivity index (χ1n) is 8.28. The second-order valence-electron chi connectivity index (χ2n) is 6.36. The lowest BCUT2D eigenvalue weighted by atomic mass is 9.73. The molecular formula is C21H26O. The lowest BCUT2D eigenvalue weighted by Gasteiger charge is -2.31. The number of benzene rings is 2. The summed E-state index contributed by atoms with van der Waals surface area (Å²) in [5.74, 6) is 0. The normalized spacial score (nSPS) is 13.5. The second kappa shape index (κ2) is 8.53. The topological polar surface area (TPSA) is 17.1 Å². The maximum Gasteiger partial charge on any atom is 0.119 e. The van der Waals surface area contributed by atoms with Gasteiger partial charge < -0.3 is 4.79 Å². The summed E-state index contributed by atoms with van der Waals surface area (Å²) in [5.41, 5.74) is 2.96. The predicted octanol–water partition coefficient (Wildman–Crippen LogP) is 5.34. The van der Waals surface area contributed by atoms with E-state index in [1.807, 2.05) is 0 Å². The minimum Gasteiger partial charge on any atom is -0.303 e. The van der Waals surface area contributed by atoms with Crippen molar-refractivity contribution in [3.8, 4) is 0 Å². The van der Waals surface area contributed by atoms with Crippen molar-refractivity contribution in [1.82, 2.24) is 0 Å². The second-order valence-corrected chi connectivity index (χ2v) is 6.36. The molecule has 0 heterocycles. The van der Waals surface area contributed by atoms with Gasteiger partial charge in [0, 0.05) is 6.42 Å². The lowest BCUT2D eigenvalue weighted by molar-refractivity contribution is -0.107. The van der Waals surface area contributed by atoms with Crippen LogP contribution in [0.3, 0.4) is 0 Å². The molecule has 0 fully saturated rings. The van der Waals surface area contributed by atoms with E-state index in [-0.39, 0.29) is 5.41 Å². The molecule has 116 valence electrons. The highest BCUT2D eigenvalue weighted by molar-refractivity contribution is 5.48. The molecule has 0 aliphatic carbocycles. The zero-order chi connectivity index (χ0) is 15.7. The highest BCUT2D eigenvalue weighted by atomic mass is 16.1. The summed E-state index contributed by atoms with van der Waals surface area (Å²) in [5, 5.41) is 0. The van der Waals surface area contributed by atoms with Gasteiger partial charge in [-0.05, 0) is 35.8 Å². The van der Waals surface area contributed by atoms with Crippen molar-refractivity contribution in [3.05, 3.63) is 71.8 Å². The van der Waals surface area contributed by atoms with Crippen LogP contribution in [0.1, 0.15) is 50.2 Å². The zero-order valence-electron chi connectivity index (χ0n) is 13.5. The highest BCUT2D eigenvalue weighted by Crippen LogP contribution is 2.33. The van der Waals surface area contributed by atoms with Gasteiger partial charge in [-0.15, -0.1) is 0 Å². The van der Waals surface area contributed by atoms with Crippen LogP contribution in [0.4, 0.5) is 0 Å². The lowest BCUT2D eigenvalue weighted by Crippen LogP contribution is -2.25. The molecule has 0 aromatic heterocycles. The number of hydrogen-bond donors (Lipinski definition) is 0. The fourth-order valence-electron chi connectivity index (χ4n) is 3.14. The van der Waals surface area contributed by atoms with Gasteiger partial charge in [-0.2, -0.15) is 0 Å². The molecule has 1 nitrogen and oxygen atoms in total. The van der Waals surface area contributed by atoms with Gasteiger partial charge in [-0.1, -0.05) is 80.4 Å². The van der Waals surface area contributed by atoms with Gasteiger partial charge in [0.25, 0.3) is 0 Å². The van der Waals surface area contributed by atoms with Gasteiger partial charge in [-0.25, -0.2) is 0 Å². The molecule has 1 heteroatoms. The first kappa shape index (κ1) is 16.5. The summed E-state index contributed by atoms with van der Waals surface area (Å²) in [7, 11) is 0. The number of aldehydes is 1. The smallest absolute Gasteiger partial charge is 0.119 e. The summed E-state index contributed by atoms with van der Waals surface area (Å²) >= 11 is 0. The van der Waals surface area contributed by atoms with Crippen LogP contribution in [0.25, 0.3) is 0 Å². The molecule has 1 atom stereocenters. The molecule has 0 bridgehead atoms. The van der Waals surface area contributed by atoms with E-state index in [1.165, 1.54) is 17.5 Å². The number of carbonyl (C=O) groups excluding carboxylic acids is 1. The first-order chi connectivity index (χ1) is 10.7. The van der Waals surface area contributed by atoms with Gasteiger partial charge in [0.05, 0.1) is 0 Å². The first-order valence-corrected chi connectivity index (χ1v) is 8.28. The van der Waals surface area contributed by atoms with E-state index in [1.54, 1.807) is 0 Å². The van der Waals surface area contributed by atoms with Crippen LogP contribution in [0, 0.1) is 0 Å². The van der Waals surface area contributed by atoms with E-state index in [2.05, 4.69) is 67.6 Å². The molecule has 2 aromatic rings. The summed E-state index contributed by atoms with van der Waals surface area (Å²) in [6.45, 7) is 2.37. The van der Waals surface area contributed by atoms with Crippen molar-refractivity contribution in [2.45, 2.75) is 50.9 Å². The number of rotatable bonds is 9. The van der Waals surface area contributed by atoms with Crippen LogP contribution < -0.4 is 0 Å². The largest absolute Gasteiger partial charge is 0.303 e. The molecule has 2 aromatic carbocycles. The highest BCUT2D eigenvalue weighted by Gasteiger charge is 2.26. The molecule has 0 N–H and O–H groups in total. The third-order valence-corrected chi connectivity index (χ3v) is 4.46. The fourth-order valence-corrected chi connectivity index (χ4v) is 3.14. The molecule has 0 spiro atoms. The molecule has 0 aliphatic heterocycles. The standard InChI is InChI=1S/C21H26O/c1-21(16-10-2-3-11-17-22,20-14-8-5-9-15-20)18-19-12-6-4-7-13-19/h4-9,12-15,17H,2-3,10-11,16,18H2,1H3. The molecule has 0 saturated carbocycles. The third-order valence-electron chi connectivity index (χ3n) is 4.46. The van der Waals surface area contributed by atoms with E-state index < -0.39 is 0 Å². The van der Waals surface area contributed by atoms with Crippen LogP contribution in [0.5, 0.6) is 0 Å². The Hall–Kier alpha value is -1.89. The maximum atomic E-state index is 10.4. The van der Waals surface area contributed by atoms with Crippen LogP contribution in [-0.4, -0.2) is 6.29 Å². The fraction of sp³-hybridized carbons (Fsp3) is 0.381. The Balaban J connectivity index is 2.08. The summed E-state index contributed by atoms with van der Waals surface area (Å²) in [4.78, 5) is 10.4. The minimum atomic E-state index is 0.157. The van der Waals surface area contributed by atoms with Gasteiger partial charge in [0.1, 0.15) is 6.29 Å². The molecule has 1 unspecified atom stereocenters. The van der Waals surface area contributed by atoms with Crippen molar-refractivity contribution in [2.24, 2.45) is 0 Å². The Labute approximate surface area is 134 Å². The Morgan fingerprint density at radius 3 is 2.14 bits per heavy atom. The average Bonchev–Trinajstić information content (AvgIpc) is 2.56. The van der Waals surface area contributed by atoms with Crippen molar-refractivity contribution in [3.63, 3.8) is 0 Å². The van der Waals surface area contributed by atoms with E-state index in [9.17, 15) is 4.79 Å². The number of carbonyl (C=O) groups is 1. The molecule has 0 radical (unpaired) electrons. The zero-order valence-corrected chi connectivity index (χ0v) is 13.5. The van der Waals surface area contributed by atoms with E-state index >= 15 is 0 Å². The predicted molar refractivity (Wildman–Crippen MR) is 93.1 cm³/mol. The average molecular weight is 294 g/mol. The van der Waals surface area contributed by atoms with Gasteiger partial charge >= 0.3 is 0 Å². The van der Waals surface area contributed by atoms with E-state index in [4.69, 9.17) is 0 Å². The monoisotopic (exact) mass is 294 g/mol. The van der Waals surface area contributed by atoms with Crippen LogP contribution in [-0.2, 0) is 16.6 Å². The van der Waals surface area contributed by atoms with Crippen molar-refractivity contribution in [1.29, 1.82) is 0 Å². The Kier molecular flexibility index (Phi) is 6.39. The quantitative estimate of drug-likeness (QED) is 0.451. The van der Waals surface area contributed by atoms with Crippen LogP contribution in [0.2, 0.25) is 0 Å². The summed E-state index contributed by atoms with van der Waals surface area (Å²) in [6.07, 6.45) is 7.26. The summed E-state index contributed by atoms with van der Waals surface area (Å²) in [6, 6.07) is 21.6. The molecule has 0 amide bonds. The molecular weight excluding hydrogens is 268 g/mol. The van der Waals surface area contributed by atoms with E-state index in [0.29, 0.717) is 6.42 Å². The van der Waals surface area contributed by atoms with Crippen molar-refractivity contribution >= 4 is 6.29 Å². The number of hydrogen-bond acceptors (Lipinski definition) is 1.